The van der Waals surface area contributed by atoms with Gasteiger partial charge >= 0.3 is 6.09 Å². The van der Waals surface area contributed by atoms with Crippen LogP contribution in [-0.4, -0.2) is 62.8 Å². The van der Waals surface area contributed by atoms with Crippen LogP contribution in [0.25, 0.3) is 16.9 Å². The predicted octanol–water partition coefficient (Wildman–Crippen LogP) is 6.58. The van der Waals surface area contributed by atoms with Gasteiger partial charge in [0.25, 0.3) is 0 Å². The summed E-state index contributed by atoms with van der Waals surface area (Å²) >= 11 is 18.8. The summed E-state index contributed by atoms with van der Waals surface area (Å²) in [5, 5.41) is 25.5. The Morgan fingerprint density at radius 2 is 1.68 bits per heavy atom. The van der Waals surface area contributed by atoms with Crippen molar-refractivity contribution in [2.24, 2.45) is 10.4 Å². The molecule has 1 aromatic heterocycles. The van der Waals surface area contributed by atoms with Crippen molar-refractivity contribution in [1.29, 1.82) is 5.26 Å². The van der Waals surface area contributed by atoms with Crippen molar-refractivity contribution in [3.8, 4) is 23.1 Å². The van der Waals surface area contributed by atoms with Gasteiger partial charge in [0.2, 0.25) is 6.19 Å². The second kappa shape index (κ2) is 10.9. The summed E-state index contributed by atoms with van der Waals surface area (Å²) < 4.78 is 1.72. The molecule has 2 aliphatic heterocycles. The van der Waals surface area contributed by atoms with E-state index in [1.165, 1.54) is 4.90 Å². The maximum absolute atomic E-state index is 11.6. The number of amidine groups is 1. The summed E-state index contributed by atoms with van der Waals surface area (Å²) in [5.74, 6) is 0.479. The lowest BCUT2D eigenvalue weighted by molar-refractivity contribution is 0.0416. The SMILES string of the molecule is N#CN=C(c1cc(-c2ccc(Cl)cc2)n(-c2ccc(Cl)cc2Cl)n1)N1CCC2(CCCN(C(=O)O)C2)CC1. The number of aliphatic imine (C=N–C) groups is 1. The van der Waals surface area contributed by atoms with Gasteiger partial charge in [-0.25, -0.2) is 9.48 Å². The maximum atomic E-state index is 11.6. The minimum Gasteiger partial charge on any atom is -0.465 e. The number of hydrogen-bond donors (Lipinski definition) is 1. The van der Waals surface area contributed by atoms with E-state index < -0.39 is 6.09 Å². The highest BCUT2D eigenvalue weighted by molar-refractivity contribution is 6.35. The number of nitrogens with zero attached hydrogens (tertiary/aromatic N) is 6. The number of rotatable bonds is 3. The van der Waals surface area contributed by atoms with Gasteiger partial charge in [0, 0.05) is 41.8 Å². The number of carbonyl (C=O) groups is 1. The lowest BCUT2D eigenvalue weighted by Gasteiger charge is -2.47. The quantitative estimate of drug-likeness (QED) is 0.217. The van der Waals surface area contributed by atoms with Crippen LogP contribution in [0.2, 0.25) is 15.1 Å². The first-order valence-corrected chi connectivity index (χ1v) is 13.4. The number of carboxylic acid groups (broad SMARTS) is 1. The number of halogens is 3. The highest BCUT2D eigenvalue weighted by atomic mass is 35.5. The Morgan fingerprint density at radius 3 is 2.34 bits per heavy atom. The summed E-state index contributed by atoms with van der Waals surface area (Å²) in [6.07, 6.45) is 4.57. The molecule has 0 saturated carbocycles. The van der Waals surface area contributed by atoms with Crippen molar-refractivity contribution in [2.45, 2.75) is 25.7 Å². The van der Waals surface area contributed by atoms with Crippen LogP contribution in [0.5, 0.6) is 0 Å². The van der Waals surface area contributed by atoms with Gasteiger partial charge in [-0.05, 0) is 67.5 Å². The van der Waals surface area contributed by atoms with E-state index in [9.17, 15) is 15.2 Å². The minimum atomic E-state index is -0.862. The minimum absolute atomic E-state index is 0.0461. The monoisotopic (exact) mass is 570 g/mol. The highest BCUT2D eigenvalue weighted by Gasteiger charge is 2.40. The summed E-state index contributed by atoms with van der Waals surface area (Å²) in [6.45, 7) is 2.43. The number of hydrogen-bond acceptors (Lipinski definition) is 4. The van der Waals surface area contributed by atoms with Gasteiger partial charge in [0.1, 0.15) is 5.69 Å². The van der Waals surface area contributed by atoms with E-state index in [4.69, 9.17) is 39.9 Å². The van der Waals surface area contributed by atoms with Crippen LogP contribution in [-0.2, 0) is 0 Å². The van der Waals surface area contributed by atoms with Gasteiger partial charge in [-0.2, -0.15) is 15.4 Å². The first-order valence-electron chi connectivity index (χ1n) is 12.3. The molecule has 11 heteroatoms. The molecule has 196 valence electrons. The fraction of sp³-hybridized carbons (Fsp3) is 0.333. The van der Waals surface area contributed by atoms with Gasteiger partial charge in [-0.15, -0.1) is 0 Å². The fourth-order valence-electron chi connectivity index (χ4n) is 5.46. The molecule has 1 spiro atoms. The topological polar surface area (TPSA) is 97.8 Å². The molecule has 8 nitrogen and oxygen atoms in total. The Labute approximate surface area is 235 Å². The van der Waals surface area contributed by atoms with Crippen LogP contribution in [0.1, 0.15) is 31.4 Å². The molecule has 0 unspecified atom stereocenters. The first-order chi connectivity index (χ1) is 18.3. The van der Waals surface area contributed by atoms with Crippen LogP contribution in [0.15, 0.2) is 53.5 Å². The van der Waals surface area contributed by atoms with Crippen molar-refractivity contribution in [3.05, 3.63) is 69.3 Å². The summed E-state index contributed by atoms with van der Waals surface area (Å²) in [5.41, 5.74) is 2.75. The first kappa shape index (κ1) is 26.4. The number of likely N-dealkylation sites (tertiary alicyclic amines) is 2. The standard InChI is InChI=1S/C27H25Cl3N6O2/c28-19-4-2-18(3-5-19)24-15-22(33-36(24)23-7-6-20(29)14-21(23)30)25(32-17-31)34-12-9-27(10-13-34)8-1-11-35(16-27)26(37)38/h2-7,14-15H,1,8-13,16H2,(H,37,38). The highest BCUT2D eigenvalue weighted by Crippen LogP contribution is 2.40. The molecule has 38 heavy (non-hydrogen) atoms. The molecule has 2 aliphatic rings. The number of amides is 1. The van der Waals surface area contributed by atoms with E-state index in [0.29, 0.717) is 58.5 Å². The van der Waals surface area contributed by atoms with Gasteiger partial charge < -0.3 is 14.9 Å². The van der Waals surface area contributed by atoms with Crippen LogP contribution >= 0.6 is 34.8 Å². The Morgan fingerprint density at radius 1 is 0.974 bits per heavy atom. The second-order valence-corrected chi connectivity index (χ2v) is 11.0. The Balaban J connectivity index is 1.49. The number of benzene rings is 2. The van der Waals surface area contributed by atoms with Crippen molar-refractivity contribution < 1.29 is 9.90 Å². The third-order valence-corrected chi connectivity index (χ3v) is 8.22. The third kappa shape index (κ3) is 5.32. The summed E-state index contributed by atoms with van der Waals surface area (Å²) in [6, 6.07) is 14.5. The zero-order valence-electron chi connectivity index (χ0n) is 20.4. The van der Waals surface area contributed by atoms with Gasteiger partial charge in [-0.3, -0.25) is 0 Å². The lowest BCUT2D eigenvalue weighted by atomic mass is 9.72. The zero-order chi connectivity index (χ0) is 26.9. The smallest absolute Gasteiger partial charge is 0.407 e. The molecule has 1 N–H and O–H groups in total. The van der Waals surface area contributed by atoms with Crippen molar-refractivity contribution in [1.82, 2.24) is 19.6 Å². The molecule has 0 bridgehead atoms. The van der Waals surface area contributed by atoms with Gasteiger partial charge in [0.15, 0.2) is 5.84 Å². The summed E-state index contributed by atoms with van der Waals surface area (Å²) in [7, 11) is 0. The predicted molar refractivity (Wildman–Crippen MR) is 148 cm³/mol. The Bertz CT molecular complexity index is 1420. The van der Waals surface area contributed by atoms with Gasteiger partial charge in [0.05, 0.1) is 16.4 Å². The molecule has 2 fully saturated rings. The van der Waals surface area contributed by atoms with E-state index in [1.54, 1.807) is 35.0 Å². The number of nitriles is 1. The normalized spacial score (nSPS) is 17.5. The molecule has 1 amide bonds. The average molecular weight is 572 g/mol. The largest absolute Gasteiger partial charge is 0.465 e. The van der Waals surface area contributed by atoms with Gasteiger partial charge in [-0.1, -0.05) is 46.9 Å². The Kier molecular flexibility index (Phi) is 7.53. The molecule has 2 aromatic carbocycles. The van der Waals surface area contributed by atoms with E-state index >= 15 is 0 Å². The van der Waals surface area contributed by atoms with E-state index in [2.05, 4.69) is 9.89 Å². The number of piperidine rings is 2. The summed E-state index contributed by atoms with van der Waals surface area (Å²) in [4.78, 5) is 19.4. The van der Waals surface area contributed by atoms with Crippen LogP contribution in [0.4, 0.5) is 4.79 Å². The maximum Gasteiger partial charge on any atom is 0.407 e. The molecular weight excluding hydrogens is 547 g/mol. The van der Waals surface area contributed by atoms with Crippen molar-refractivity contribution in [2.75, 3.05) is 26.2 Å². The van der Waals surface area contributed by atoms with E-state index in [1.807, 2.05) is 24.4 Å². The van der Waals surface area contributed by atoms with Crippen molar-refractivity contribution in [3.63, 3.8) is 0 Å². The van der Waals surface area contributed by atoms with Crippen LogP contribution < -0.4 is 0 Å². The fourth-order valence-corrected chi connectivity index (χ4v) is 6.08. The molecule has 3 heterocycles. The zero-order valence-corrected chi connectivity index (χ0v) is 22.7. The lowest BCUT2D eigenvalue weighted by Crippen LogP contribution is -2.52. The van der Waals surface area contributed by atoms with E-state index in [0.717, 1.165) is 36.9 Å². The van der Waals surface area contributed by atoms with Crippen LogP contribution in [0.3, 0.4) is 0 Å². The molecule has 2 saturated heterocycles. The average Bonchev–Trinajstić information content (AvgIpc) is 3.33. The molecular formula is C27H25Cl3N6O2. The second-order valence-electron chi connectivity index (χ2n) is 9.76. The van der Waals surface area contributed by atoms with Crippen LogP contribution in [0, 0.1) is 16.9 Å². The molecule has 5 rings (SSSR count). The third-order valence-electron chi connectivity index (χ3n) is 7.43. The molecule has 0 aliphatic carbocycles. The molecule has 0 radical (unpaired) electrons. The number of aromatic nitrogens is 2. The van der Waals surface area contributed by atoms with Crippen molar-refractivity contribution >= 4 is 46.7 Å². The molecule has 0 atom stereocenters. The Hall–Kier alpha value is -3.25. The van der Waals surface area contributed by atoms with E-state index in [-0.39, 0.29) is 5.41 Å². The molecule has 3 aromatic rings.